The van der Waals surface area contributed by atoms with E-state index in [9.17, 15) is 4.79 Å². The molecule has 2 aromatic carbocycles. The molecule has 0 spiro atoms. The minimum absolute atomic E-state index is 0.191. The number of aromatic nitrogens is 2. The van der Waals surface area contributed by atoms with Gasteiger partial charge < -0.3 is 15.4 Å². The molecule has 6 nitrogen and oxygen atoms in total. The fraction of sp³-hybridized carbons (Fsp3) is 0.261. The molecule has 1 heterocycles. The molecular weight excluding hydrogens is 364 g/mol. The molecule has 0 fully saturated rings. The fourth-order valence-electron chi connectivity index (χ4n) is 3.04. The Morgan fingerprint density at radius 2 is 1.79 bits per heavy atom. The number of anilines is 1. The van der Waals surface area contributed by atoms with Crippen LogP contribution in [-0.2, 0) is 13.0 Å². The molecule has 3 rings (SSSR count). The Kier molecular flexibility index (Phi) is 7.16. The molecule has 1 amide bonds. The molecule has 29 heavy (non-hydrogen) atoms. The Morgan fingerprint density at radius 1 is 1.03 bits per heavy atom. The van der Waals surface area contributed by atoms with Crippen LogP contribution in [0.2, 0.25) is 0 Å². The Labute approximate surface area is 171 Å². The van der Waals surface area contributed by atoms with Crippen molar-refractivity contribution >= 4 is 11.7 Å². The van der Waals surface area contributed by atoms with Gasteiger partial charge in [0.1, 0.15) is 23.1 Å². The second-order valence-electron chi connectivity index (χ2n) is 6.70. The largest absolute Gasteiger partial charge is 0.496 e. The van der Waals surface area contributed by atoms with E-state index < -0.39 is 0 Å². The molecule has 0 bridgehead atoms. The predicted octanol–water partition coefficient (Wildman–Crippen LogP) is 3.77. The van der Waals surface area contributed by atoms with E-state index in [4.69, 9.17) is 4.74 Å². The molecular formula is C23H26N4O2. The van der Waals surface area contributed by atoms with Crippen molar-refractivity contribution < 1.29 is 9.53 Å². The zero-order valence-electron chi connectivity index (χ0n) is 16.8. The van der Waals surface area contributed by atoms with Crippen LogP contribution in [-0.4, -0.2) is 29.5 Å². The highest BCUT2D eigenvalue weighted by Crippen LogP contribution is 2.18. The third-order valence-electron chi connectivity index (χ3n) is 4.49. The number of methoxy groups -OCH3 is 1. The average Bonchev–Trinajstić information content (AvgIpc) is 2.75. The van der Waals surface area contributed by atoms with Crippen LogP contribution in [0, 0.1) is 6.92 Å². The summed E-state index contributed by atoms with van der Waals surface area (Å²) in [6.45, 7) is 2.92. The van der Waals surface area contributed by atoms with Crippen LogP contribution in [0.1, 0.15) is 33.9 Å². The average molecular weight is 390 g/mol. The topological polar surface area (TPSA) is 76.1 Å². The molecule has 0 aliphatic heterocycles. The number of para-hydroxylation sites is 1. The van der Waals surface area contributed by atoms with Gasteiger partial charge in [-0.25, -0.2) is 9.97 Å². The number of carbonyl (C=O) groups is 1. The molecule has 1 aromatic heterocycles. The second kappa shape index (κ2) is 10.2. The van der Waals surface area contributed by atoms with Crippen molar-refractivity contribution in [3.63, 3.8) is 0 Å². The molecule has 0 saturated heterocycles. The first-order chi connectivity index (χ1) is 14.2. The number of ether oxygens (including phenoxy) is 1. The standard InChI is InChI=1S/C23H26N4O2/c1-17-26-20(23(28)24-14-8-11-18-9-4-3-5-10-18)15-22(27-17)25-16-19-12-6-7-13-21(19)29-2/h3-7,9-10,12-13,15H,8,11,14,16H2,1-2H3,(H,24,28)(H,25,26,27). The quantitative estimate of drug-likeness (QED) is 0.544. The van der Waals surface area contributed by atoms with Gasteiger partial charge in [-0.2, -0.15) is 0 Å². The maximum atomic E-state index is 12.5. The van der Waals surface area contributed by atoms with Crippen LogP contribution in [0.15, 0.2) is 60.7 Å². The highest BCUT2D eigenvalue weighted by atomic mass is 16.5. The molecule has 0 aliphatic carbocycles. The summed E-state index contributed by atoms with van der Waals surface area (Å²) in [5.41, 5.74) is 2.64. The van der Waals surface area contributed by atoms with Gasteiger partial charge in [-0.15, -0.1) is 0 Å². The SMILES string of the molecule is COc1ccccc1CNc1cc(C(=O)NCCCc2ccccc2)nc(C)n1. The second-order valence-corrected chi connectivity index (χ2v) is 6.70. The molecule has 0 saturated carbocycles. The monoisotopic (exact) mass is 390 g/mol. The summed E-state index contributed by atoms with van der Waals surface area (Å²) in [7, 11) is 1.65. The lowest BCUT2D eigenvalue weighted by atomic mass is 10.1. The first-order valence-corrected chi connectivity index (χ1v) is 9.69. The van der Waals surface area contributed by atoms with Crippen LogP contribution >= 0.6 is 0 Å². The van der Waals surface area contributed by atoms with Gasteiger partial charge in [-0.3, -0.25) is 4.79 Å². The van der Waals surface area contributed by atoms with Crippen LogP contribution in [0.3, 0.4) is 0 Å². The van der Waals surface area contributed by atoms with Crippen molar-refractivity contribution in [3.8, 4) is 5.75 Å². The number of amides is 1. The third kappa shape index (κ3) is 6.04. The number of nitrogens with zero attached hydrogens (tertiary/aromatic N) is 2. The minimum atomic E-state index is -0.191. The summed E-state index contributed by atoms with van der Waals surface area (Å²) in [4.78, 5) is 21.1. The lowest BCUT2D eigenvalue weighted by Gasteiger charge is -2.11. The maximum absolute atomic E-state index is 12.5. The summed E-state index contributed by atoms with van der Waals surface area (Å²) in [5, 5.41) is 6.19. The number of hydrogen-bond donors (Lipinski definition) is 2. The lowest BCUT2D eigenvalue weighted by Crippen LogP contribution is -2.26. The van der Waals surface area contributed by atoms with Crippen LogP contribution in [0.4, 0.5) is 5.82 Å². The normalized spacial score (nSPS) is 10.4. The van der Waals surface area contributed by atoms with Crippen LogP contribution < -0.4 is 15.4 Å². The Bertz CT molecular complexity index is 945. The summed E-state index contributed by atoms with van der Waals surface area (Å²) >= 11 is 0. The third-order valence-corrected chi connectivity index (χ3v) is 4.49. The molecule has 0 aliphatic rings. The van der Waals surface area contributed by atoms with E-state index in [1.54, 1.807) is 20.1 Å². The number of benzene rings is 2. The molecule has 0 unspecified atom stereocenters. The van der Waals surface area contributed by atoms with Crippen molar-refractivity contribution in [2.45, 2.75) is 26.3 Å². The Morgan fingerprint density at radius 3 is 2.59 bits per heavy atom. The number of aryl methyl sites for hydroxylation is 2. The number of nitrogens with one attached hydrogen (secondary N) is 2. The minimum Gasteiger partial charge on any atom is -0.496 e. The first kappa shape index (κ1) is 20.3. The van der Waals surface area contributed by atoms with E-state index in [2.05, 4.69) is 32.7 Å². The zero-order chi connectivity index (χ0) is 20.5. The van der Waals surface area contributed by atoms with E-state index in [1.165, 1.54) is 5.56 Å². The van der Waals surface area contributed by atoms with E-state index >= 15 is 0 Å². The van der Waals surface area contributed by atoms with E-state index in [0.29, 0.717) is 30.4 Å². The molecule has 150 valence electrons. The van der Waals surface area contributed by atoms with E-state index in [-0.39, 0.29) is 5.91 Å². The first-order valence-electron chi connectivity index (χ1n) is 9.69. The van der Waals surface area contributed by atoms with E-state index in [0.717, 1.165) is 24.2 Å². The maximum Gasteiger partial charge on any atom is 0.270 e. The summed E-state index contributed by atoms with van der Waals surface area (Å²) < 4.78 is 5.37. The van der Waals surface area contributed by atoms with Gasteiger partial charge in [0.05, 0.1) is 7.11 Å². The summed E-state index contributed by atoms with van der Waals surface area (Å²) in [5.74, 6) is 1.77. The van der Waals surface area contributed by atoms with Crippen molar-refractivity contribution in [1.82, 2.24) is 15.3 Å². The Hall–Kier alpha value is -3.41. The van der Waals surface area contributed by atoms with Gasteiger partial charge in [0.25, 0.3) is 5.91 Å². The lowest BCUT2D eigenvalue weighted by molar-refractivity contribution is 0.0948. The van der Waals surface area contributed by atoms with Gasteiger partial charge >= 0.3 is 0 Å². The molecule has 0 atom stereocenters. The van der Waals surface area contributed by atoms with Gasteiger partial charge in [-0.1, -0.05) is 48.5 Å². The molecule has 3 aromatic rings. The van der Waals surface area contributed by atoms with Gasteiger partial charge in [0.15, 0.2) is 0 Å². The number of carbonyl (C=O) groups excluding carboxylic acids is 1. The fourth-order valence-corrected chi connectivity index (χ4v) is 3.04. The summed E-state index contributed by atoms with van der Waals surface area (Å²) in [6, 6.07) is 19.7. The highest BCUT2D eigenvalue weighted by Gasteiger charge is 2.11. The zero-order valence-corrected chi connectivity index (χ0v) is 16.8. The summed E-state index contributed by atoms with van der Waals surface area (Å²) in [6.07, 6.45) is 1.80. The van der Waals surface area contributed by atoms with Crippen molar-refractivity contribution in [2.24, 2.45) is 0 Å². The van der Waals surface area contributed by atoms with Gasteiger partial charge in [-0.05, 0) is 31.4 Å². The molecule has 2 N–H and O–H groups in total. The molecule has 0 radical (unpaired) electrons. The van der Waals surface area contributed by atoms with Gasteiger partial charge in [0.2, 0.25) is 0 Å². The van der Waals surface area contributed by atoms with Gasteiger partial charge in [0, 0.05) is 24.7 Å². The van der Waals surface area contributed by atoms with Crippen LogP contribution in [0.25, 0.3) is 0 Å². The van der Waals surface area contributed by atoms with E-state index in [1.807, 2.05) is 42.5 Å². The van der Waals surface area contributed by atoms with Crippen molar-refractivity contribution in [2.75, 3.05) is 19.0 Å². The van der Waals surface area contributed by atoms with Crippen LogP contribution in [0.5, 0.6) is 5.75 Å². The predicted molar refractivity (Wildman–Crippen MR) is 114 cm³/mol. The van der Waals surface area contributed by atoms with Crippen molar-refractivity contribution in [1.29, 1.82) is 0 Å². The smallest absolute Gasteiger partial charge is 0.270 e. The number of rotatable bonds is 9. The Balaban J connectivity index is 1.55. The number of hydrogen-bond acceptors (Lipinski definition) is 5. The highest BCUT2D eigenvalue weighted by molar-refractivity contribution is 5.92. The van der Waals surface area contributed by atoms with Crippen molar-refractivity contribution in [3.05, 3.63) is 83.3 Å². The molecule has 6 heteroatoms.